The van der Waals surface area contributed by atoms with Crippen molar-refractivity contribution < 1.29 is 9.53 Å². The number of methoxy groups -OCH3 is 1. The van der Waals surface area contributed by atoms with E-state index in [1.807, 2.05) is 0 Å². The summed E-state index contributed by atoms with van der Waals surface area (Å²) in [6.07, 6.45) is 0.708. The zero-order chi connectivity index (χ0) is 4.12. The van der Waals surface area contributed by atoms with Crippen LogP contribution in [0.15, 0.2) is 0 Å². The molecule has 0 saturated carbocycles. The van der Waals surface area contributed by atoms with Crippen molar-refractivity contribution in [3.05, 3.63) is 0 Å². The van der Waals surface area contributed by atoms with Crippen molar-refractivity contribution in [3.8, 4) is 0 Å². The molecule has 0 aliphatic carbocycles. The molecule has 3 heteroatoms. The summed E-state index contributed by atoms with van der Waals surface area (Å²) in [4.78, 5) is 9.28. The SMILES string of the molecule is COCC=O.[NaH]. The molecule has 0 spiro atoms. The van der Waals surface area contributed by atoms with E-state index in [4.69, 9.17) is 0 Å². The van der Waals surface area contributed by atoms with Crippen LogP contribution in [0.5, 0.6) is 0 Å². The van der Waals surface area contributed by atoms with Crippen LogP contribution in [-0.4, -0.2) is 49.6 Å². The van der Waals surface area contributed by atoms with Crippen molar-refractivity contribution in [3.63, 3.8) is 0 Å². The fraction of sp³-hybridized carbons (Fsp3) is 0.667. The molecule has 0 amide bonds. The Kier molecular flexibility index (Phi) is 15.0. The summed E-state index contributed by atoms with van der Waals surface area (Å²) in [6, 6.07) is 0. The summed E-state index contributed by atoms with van der Waals surface area (Å²) in [5.41, 5.74) is 0. The second kappa shape index (κ2) is 9.16. The van der Waals surface area contributed by atoms with Gasteiger partial charge in [0.05, 0.1) is 0 Å². The summed E-state index contributed by atoms with van der Waals surface area (Å²) >= 11 is 0. The Hall–Kier alpha value is 0.630. The normalized spacial score (nSPS) is 6.17. The van der Waals surface area contributed by atoms with Gasteiger partial charge in [-0.1, -0.05) is 0 Å². The van der Waals surface area contributed by atoms with Gasteiger partial charge < -0.3 is 9.53 Å². The zero-order valence-corrected chi connectivity index (χ0v) is 3.10. The van der Waals surface area contributed by atoms with E-state index in [1.165, 1.54) is 7.11 Å². The number of rotatable bonds is 2. The molecule has 6 heavy (non-hydrogen) atoms. The van der Waals surface area contributed by atoms with E-state index in [0.29, 0.717) is 6.29 Å². The van der Waals surface area contributed by atoms with E-state index in [-0.39, 0.29) is 36.2 Å². The molecular formula is C3H7NaO2. The summed E-state index contributed by atoms with van der Waals surface area (Å²) < 4.78 is 4.32. The van der Waals surface area contributed by atoms with Crippen molar-refractivity contribution in [2.24, 2.45) is 0 Å². The van der Waals surface area contributed by atoms with Gasteiger partial charge >= 0.3 is 29.6 Å². The van der Waals surface area contributed by atoms with Gasteiger partial charge in [0.15, 0.2) is 0 Å². The van der Waals surface area contributed by atoms with Crippen LogP contribution in [0.25, 0.3) is 0 Å². The minimum atomic E-state index is 0. The molecule has 0 N–H and O–H groups in total. The Morgan fingerprint density at radius 2 is 2.33 bits per heavy atom. The van der Waals surface area contributed by atoms with Gasteiger partial charge in [-0.05, 0) is 0 Å². The van der Waals surface area contributed by atoms with E-state index in [0.717, 1.165) is 0 Å². The first-order chi connectivity index (χ1) is 2.41. The molecule has 0 rings (SSSR count). The van der Waals surface area contributed by atoms with Gasteiger partial charge in [-0.15, -0.1) is 0 Å². The van der Waals surface area contributed by atoms with Crippen molar-refractivity contribution in [1.82, 2.24) is 0 Å². The predicted octanol–water partition coefficient (Wildman–Crippen LogP) is -0.817. The average Bonchev–Trinajstić information content (AvgIpc) is 1.41. The van der Waals surface area contributed by atoms with Crippen LogP contribution in [0.4, 0.5) is 0 Å². The Morgan fingerprint density at radius 3 is 2.33 bits per heavy atom. The third-order valence-electron chi connectivity index (χ3n) is 0.235. The van der Waals surface area contributed by atoms with E-state index in [9.17, 15) is 4.79 Å². The van der Waals surface area contributed by atoms with Crippen LogP contribution in [0, 0.1) is 0 Å². The Morgan fingerprint density at radius 1 is 1.83 bits per heavy atom. The Labute approximate surface area is 59.2 Å². The monoisotopic (exact) mass is 98.0 g/mol. The first kappa shape index (κ1) is 9.80. The number of ether oxygens (including phenoxy) is 1. The second-order valence-electron chi connectivity index (χ2n) is 0.622. The van der Waals surface area contributed by atoms with Crippen LogP contribution in [0.1, 0.15) is 0 Å². The first-order valence-electron chi connectivity index (χ1n) is 1.34. The molecule has 2 nitrogen and oxygen atoms in total. The molecule has 0 aliphatic heterocycles. The molecule has 0 aromatic rings. The van der Waals surface area contributed by atoms with Crippen LogP contribution >= 0.6 is 0 Å². The summed E-state index contributed by atoms with van der Waals surface area (Å²) in [5.74, 6) is 0. The fourth-order valence-corrected chi connectivity index (χ4v) is 0.0680. The van der Waals surface area contributed by atoms with Gasteiger partial charge in [0, 0.05) is 7.11 Å². The summed E-state index contributed by atoms with van der Waals surface area (Å²) in [7, 11) is 1.48. The van der Waals surface area contributed by atoms with Gasteiger partial charge in [-0.2, -0.15) is 0 Å². The molecule has 0 heterocycles. The van der Waals surface area contributed by atoms with E-state index in [2.05, 4.69) is 4.74 Å². The summed E-state index contributed by atoms with van der Waals surface area (Å²) in [5, 5.41) is 0. The van der Waals surface area contributed by atoms with E-state index >= 15 is 0 Å². The third-order valence-corrected chi connectivity index (χ3v) is 0.235. The topological polar surface area (TPSA) is 26.3 Å². The van der Waals surface area contributed by atoms with E-state index in [1.54, 1.807) is 0 Å². The standard InChI is InChI=1S/C3H6O2.Na.H/c1-5-3-2-4;;/h2H,3H2,1H3;;. The van der Waals surface area contributed by atoms with Gasteiger partial charge in [-0.3, -0.25) is 0 Å². The van der Waals surface area contributed by atoms with Crippen molar-refractivity contribution in [1.29, 1.82) is 0 Å². The molecule has 0 aliphatic rings. The number of carbonyl (C=O) groups is 1. The van der Waals surface area contributed by atoms with Gasteiger partial charge in [0.2, 0.25) is 0 Å². The Bertz CT molecular complexity index is 30.0. The molecular weight excluding hydrogens is 91.0 g/mol. The minimum absolute atomic E-state index is 0. The van der Waals surface area contributed by atoms with Gasteiger partial charge in [-0.25, -0.2) is 0 Å². The summed E-state index contributed by atoms with van der Waals surface area (Å²) in [6.45, 7) is 0.208. The molecule has 0 atom stereocenters. The number of hydrogen-bond acceptors (Lipinski definition) is 2. The molecule has 0 fully saturated rings. The quantitative estimate of drug-likeness (QED) is 0.333. The zero-order valence-electron chi connectivity index (χ0n) is 3.10. The predicted molar refractivity (Wildman–Crippen MR) is 25.1 cm³/mol. The maximum atomic E-state index is 9.28. The molecule has 0 bridgehead atoms. The van der Waals surface area contributed by atoms with Gasteiger partial charge in [0.25, 0.3) is 0 Å². The molecule has 0 unspecified atom stereocenters. The maximum absolute atomic E-state index is 9.28. The van der Waals surface area contributed by atoms with Crippen LogP contribution < -0.4 is 0 Å². The Balaban J connectivity index is 0. The van der Waals surface area contributed by atoms with Crippen LogP contribution in [0.3, 0.4) is 0 Å². The number of carbonyl (C=O) groups excluding carboxylic acids is 1. The van der Waals surface area contributed by atoms with Gasteiger partial charge in [0.1, 0.15) is 12.9 Å². The number of hydrogen-bond donors (Lipinski definition) is 0. The molecule has 0 radical (unpaired) electrons. The number of aldehydes is 1. The first-order valence-corrected chi connectivity index (χ1v) is 1.34. The van der Waals surface area contributed by atoms with Crippen LogP contribution in [0.2, 0.25) is 0 Å². The van der Waals surface area contributed by atoms with Crippen molar-refractivity contribution in [2.75, 3.05) is 13.7 Å². The molecule has 32 valence electrons. The van der Waals surface area contributed by atoms with Crippen LogP contribution in [-0.2, 0) is 9.53 Å². The van der Waals surface area contributed by atoms with E-state index < -0.39 is 0 Å². The molecule has 0 saturated heterocycles. The van der Waals surface area contributed by atoms with Crippen molar-refractivity contribution >= 4 is 35.8 Å². The third kappa shape index (κ3) is 8.82. The second-order valence-corrected chi connectivity index (χ2v) is 0.622. The molecule has 0 aromatic heterocycles. The van der Waals surface area contributed by atoms with Crippen molar-refractivity contribution in [2.45, 2.75) is 0 Å². The average molecular weight is 98.1 g/mol. The molecule has 0 aromatic carbocycles. The fourth-order valence-electron chi connectivity index (χ4n) is 0.0680.